The molecule has 1 fully saturated rings. The van der Waals surface area contributed by atoms with Crippen LogP contribution in [0.3, 0.4) is 0 Å². The molecule has 1 saturated carbocycles. The summed E-state index contributed by atoms with van der Waals surface area (Å²) in [4.78, 5) is 2.33. The third-order valence-corrected chi connectivity index (χ3v) is 4.07. The predicted molar refractivity (Wildman–Crippen MR) is 77.2 cm³/mol. The van der Waals surface area contributed by atoms with E-state index in [1.165, 1.54) is 25.7 Å². The minimum atomic E-state index is 0.600. The van der Waals surface area contributed by atoms with Crippen molar-refractivity contribution in [3.8, 4) is 5.75 Å². The van der Waals surface area contributed by atoms with Crippen molar-refractivity contribution in [1.82, 2.24) is 0 Å². The summed E-state index contributed by atoms with van der Waals surface area (Å²) in [5.41, 5.74) is 8.01. The number of ether oxygens (including phenoxy) is 1. The highest BCUT2D eigenvalue weighted by Crippen LogP contribution is 2.34. The van der Waals surface area contributed by atoms with Crippen molar-refractivity contribution in [3.05, 3.63) is 18.2 Å². The number of anilines is 2. The molecule has 0 amide bonds. The molecule has 1 aliphatic rings. The zero-order valence-corrected chi connectivity index (χ0v) is 11.6. The zero-order chi connectivity index (χ0) is 13.1. The van der Waals surface area contributed by atoms with Crippen molar-refractivity contribution in [2.45, 2.75) is 38.6 Å². The fourth-order valence-corrected chi connectivity index (χ4v) is 2.91. The molecule has 3 nitrogen and oxygen atoms in total. The topological polar surface area (TPSA) is 38.5 Å². The summed E-state index contributed by atoms with van der Waals surface area (Å²) in [7, 11) is 3.84. The Labute approximate surface area is 110 Å². The van der Waals surface area contributed by atoms with Crippen LogP contribution in [0.2, 0.25) is 0 Å². The van der Waals surface area contributed by atoms with Gasteiger partial charge in [0.2, 0.25) is 0 Å². The van der Waals surface area contributed by atoms with Crippen LogP contribution in [0.4, 0.5) is 11.4 Å². The van der Waals surface area contributed by atoms with Gasteiger partial charge in [0.15, 0.2) is 0 Å². The number of rotatable bonds is 3. The number of nitrogen functional groups attached to an aromatic ring is 1. The number of nitrogens with zero attached hydrogens (tertiary/aromatic N) is 1. The van der Waals surface area contributed by atoms with Gasteiger partial charge >= 0.3 is 0 Å². The highest BCUT2D eigenvalue weighted by Gasteiger charge is 2.23. The van der Waals surface area contributed by atoms with Crippen LogP contribution in [0.5, 0.6) is 5.75 Å². The summed E-state index contributed by atoms with van der Waals surface area (Å²) in [5.74, 6) is 1.69. The molecule has 3 heteroatoms. The smallest absolute Gasteiger partial charge is 0.121 e. The lowest BCUT2D eigenvalue weighted by Gasteiger charge is -2.36. The van der Waals surface area contributed by atoms with E-state index in [1.54, 1.807) is 7.11 Å². The summed E-state index contributed by atoms with van der Waals surface area (Å²) in [6.07, 6.45) is 5.20. The first-order chi connectivity index (χ1) is 8.61. The second kappa shape index (κ2) is 5.51. The van der Waals surface area contributed by atoms with E-state index in [-0.39, 0.29) is 0 Å². The third-order valence-electron chi connectivity index (χ3n) is 4.07. The van der Waals surface area contributed by atoms with Gasteiger partial charge in [0.05, 0.1) is 18.5 Å². The largest absolute Gasteiger partial charge is 0.497 e. The second-order valence-electron chi connectivity index (χ2n) is 5.46. The first-order valence-electron chi connectivity index (χ1n) is 6.78. The second-order valence-corrected chi connectivity index (χ2v) is 5.46. The SMILES string of the molecule is COc1ccc(N)c(N(C)C2CCCC(C)C2)c1. The molecule has 2 unspecified atom stereocenters. The zero-order valence-electron chi connectivity index (χ0n) is 11.6. The van der Waals surface area contributed by atoms with Gasteiger partial charge in [-0.2, -0.15) is 0 Å². The van der Waals surface area contributed by atoms with E-state index in [4.69, 9.17) is 10.5 Å². The summed E-state index contributed by atoms with van der Waals surface area (Å²) in [6.45, 7) is 2.34. The van der Waals surface area contributed by atoms with E-state index in [9.17, 15) is 0 Å². The Balaban J connectivity index is 2.19. The molecule has 18 heavy (non-hydrogen) atoms. The maximum atomic E-state index is 6.09. The van der Waals surface area contributed by atoms with Gasteiger partial charge in [-0.05, 0) is 30.9 Å². The van der Waals surface area contributed by atoms with Crippen LogP contribution in [-0.4, -0.2) is 20.2 Å². The van der Waals surface area contributed by atoms with Gasteiger partial charge in [-0.1, -0.05) is 19.8 Å². The molecule has 0 radical (unpaired) electrons. The number of nitrogens with two attached hydrogens (primary N) is 1. The van der Waals surface area contributed by atoms with Gasteiger partial charge in [-0.25, -0.2) is 0 Å². The van der Waals surface area contributed by atoms with Crippen molar-refractivity contribution in [1.29, 1.82) is 0 Å². The molecule has 1 aromatic carbocycles. The van der Waals surface area contributed by atoms with Crippen molar-refractivity contribution in [2.75, 3.05) is 24.8 Å². The number of benzene rings is 1. The number of hydrogen-bond donors (Lipinski definition) is 1. The molecule has 2 N–H and O–H groups in total. The molecular weight excluding hydrogens is 224 g/mol. The van der Waals surface area contributed by atoms with Crippen LogP contribution in [0.25, 0.3) is 0 Å². The molecule has 0 bridgehead atoms. The Hall–Kier alpha value is -1.38. The molecule has 100 valence electrons. The highest BCUT2D eigenvalue weighted by atomic mass is 16.5. The van der Waals surface area contributed by atoms with Gasteiger partial charge in [0.1, 0.15) is 5.75 Å². The normalized spacial score (nSPS) is 23.7. The van der Waals surface area contributed by atoms with Crippen LogP contribution < -0.4 is 15.4 Å². The summed E-state index contributed by atoms with van der Waals surface area (Å²) >= 11 is 0. The van der Waals surface area contributed by atoms with Crippen molar-refractivity contribution in [3.63, 3.8) is 0 Å². The van der Waals surface area contributed by atoms with Crippen LogP contribution in [0, 0.1) is 5.92 Å². The van der Waals surface area contributed by atoms with Crippen molar-refractivity contribution < 1.29 is 4.74 Å². The summed E-state index contributed by atoms with van der Waals surface area (Å²) in [6, 6.07) is 6.48. The highest BCUT2D eigenvalue weighted by molar-refractivity contribution is 5.69. The third kappa shape index (κ3) is 2.71. The van der Waals surface area contributed by atoms with Crippen LogP contribution >= 0.6 is 0 Å². The fourth-order valence-electron chi connectivity index (χ4n) is 2.91. The quantitative estimate of drug-likeness (QED) is 0.834. The Morgan fingerprint density at radius 2 is 2.11 bits per heavy atom. The molecule has 0 saturated heterocycles. The lowest BCUT2D eigenvalue weighted by molar-refractivity contribution is 0.336. The number of methoxy groups -OCH3 is 1. The van der Waals surface area contributed by atoms with Crippen LogP contribution in [-0.2, 0) is 0 Å². The van der Waals surface area contributed by atoms with Gasteiger partial charge in [-0.3, -0.25) is 0 Å². The lowest BCUT2D eigenvalue weighted by Crippen LogP contribution is -2.35. The molecule has 1 aliphatic carbocycles. The Kier molecular flexibility index (Phi) is 4.00. The fraction of sp³-hybridized carbons (Fsp3) is 0.600. The maximum absolute atomic E-state index is 6.09. The monoisotopic (exact) mass is 248 g/mol. The van der Waals surface area contributed by atoms with E-state index in [0.29, 0.717) is 6.04 Å². The van der Waals surface area contributed by atoms with E-state index in [1.807, 2.05) is 18.2 Å². The van der Waals surface area contributed by atoms with Crippen LogP contribution in [0.15, 0.2) is 18.2 Å². The van der Waals surface area contributed by atoms with E-state index in [2.05, 4.69) is 18.9 Å². The molecule has 1 aromatic rings. The molecule has 0 spiro atoms. The van der Waals surface area contributed by atoms with E-state index < -0.39 is 0 Å². The first kappa shape index (κ1) is 13.1. The Bertz CT molecular complexity index is 405. The molecular formula is C15H24N2O. The van der Waals surface area contributed by atoms with E-state index >= 15 is 0 Å². The molecule has 0 aromatic heterocycles. The molecule has 2 atom stereocenters. The average Bonchev–Trinajstić information content (AvgIpc) is 2.38. The Morgan fingerprint density at radius 1 is 1.33 bits per heavy atom. The Morgan fingerprint density at radius 3 is 2.78 bits per heavy atom. The standard InChI is InChI=1S/C15H24N2O/c1-11-5-4-6-12(9-11)17(2)15-10-13(18-3)7-8-14(15)16/h7-8,10-12H,4-6,9,16H2,1-3H3. The predicted octanol–water partition coefficient (Wildman–Crippen LogP) is 3.29. The summed E-state index contributed by atoms with van der Waals surface area (Å²) in [5, 5.41) is 0. The number of hydrogen-bond acceptors (Lipinski definition) is 3. The molecule has 0 heterocycles. The molecule has 0 aliphatic heterocycles. The first-order valence-corrected chi connectivity index (χ1v) is 6.78. The average molecular weight is 248 g/mol. The van der Waals surface area contributed by atoms with Gasteiger partial charge in [-0.15, -0.1) is 0 Å². The van der Waals surface area contributed by atoms with Gasteiger partial charge in [0.25, 0.3) is 0 Å². The minimum Gasteiger partial charge on any atom is -0.497 e. The lowest BCUT2D eigenvalue weighted by atomic mass is 9.86. The van der Waals surface area contributed by atoms with Gasteiger partial charge < -0.3 is 15.4 Å². The maximum Gasteiger partial charge on any atom is 0.121 e. The molecule has 2 rings (SSSR count). The van der Waals surface area contributed by atoms with Crippen molar-refractivity contribution in [2.24, 2.45) is 5.92 Å². The van der Waals surface area contributed by atoms with Crippen molar-refractivity contribution >= 4 is 11.4 Å². The van der Waals surface area contributed by atoms with Gasteiger partial charge in [0, 0.05) is 19.2 Å². The van der Waals surface area contributed by atoms with Crippen LogP contribution in [0.1, 0.15) is 32.6 Å². The minimum absolute atomic E-state index is 0.600. The summed E-state index contributed by atoms with van der Waals surface area (Å²) < 4.78 is 5.29. The van der Waals surface area contributed by atoms with E-state index in [0.717, 1.165) is 23.0 Å².